The number of aliphatic imine (C=N–C) groups is 1. The van der Waals surface area contributed by atoms with Gasteiger partial charge in [-0.15, -0.1) is 35.3 Å². The highest BCUT2D eigenvalue weighted by Crippen LogP contribution is 2.17. The first-order valence-corrected chi connectivity index (χ1v) is 8.67. The van der Waals surface area contributed by atoms with E-state index in [1.54, 1.807) is 11.3 Å². The summed E-state index contributed by atoms with van der Waals surface area (Å²) in [6, 6.07) is 0. The molecule has 0 aromatic carbocycles. The first-order chi connectivity index (χ1) is 10.6. The van der Waals surface area contributed by atoms with Gasteiger partial charge < -0.3 is 15.5 Å². The number of hydrogen-bond acceptors (Lipinski definition) is 4. The molecule has 2 N–H and O–H groups in total. The van der Waals surface area contributed by atoms with Crippen LogP contribution >= 0.6 is 35.3 Å². The number of nitrogens with zero attached hydrogens (tertiary/aromatic N) is 3. The second kappa shape index (κ2) is 10.2. The predicted octanol–water partition coefficient (Wildman–Crippen LogP) is 2.69. The summed E-state index contributed by atoms with van der Waals surface area (Å²) in [4.78, 5) is 24.1. The van der Waals surface area contributed by atoms with Crippen LogP contribution < -0.4 is 10.6 Å². The van der Waals surface area contributed by atoms with Crippen molar-refractivity contribution in [1.82, 2.24) is 20.5 Å². The molecule has 0 saturated carbocycles. The molecule has 1 aromatic rings. The minimum Gasteiger partial charge on any atom is -0.357 e. The zero-order valence-electron chi connectivity index (χ0n) is 15.7. The number of rotatable bonds is 5. The third kappa shape index (κ3) is 8.27. The van der Waals surface area contributed by atoms with Crippen LogP contribution in [0.4, 0.5) is 0 Å². The molecular weight excluding hydrogens is 437 g/mol. The highest BCUT2D eigenvalue weighted by Gasteiger charge is 2.17. The molecule has 0 spiro atoms. The number of hydrogen-bond donors (Lipinski definition) is 2. The summed E-state index contributed by atoms with van der Waals surface area (Å²) in [5, 5.41) is 7.24. The number of aromatic nitrogens is 1. The van der Waals surface area contributed by atoms with E-state index in [0.717, 1.165) is 28.1 Å². The number of thiazole rings is 1. The van der Waals surface area contributed by atoms with Crippen molar-refractivity contribution in [2.75, 3.05) is 20.1 Å². The van der Waals surface area contributed by atoms with Gasteiger partial charge >= 0.3 is 0 Å². The standard InChI is InChI=1S/C16H29N5OS.HI/c1-8-17-15(18-9-13-11(2)19-12(3)23-13)21(7)10-14(22)20-16(4,5)6;/h8-10H2,1-7H3,(H,17,18)(H,20,22);1H. The Kier molecular flexibility index (Phi) is 9.79. The first-order valence-electron chi connectivity index (χ1n) is 7.85. The molecule has 1 aromatic heterocycles. The maximum absolute atomic E-state index is 12.1. The number of carbonyl (C=O) groups excluding carboxylic acids is 1. The first kappa shape index (κ1) is 23.1. The van der Waals surface area contributed by atoms with Gasteiger partial charge in [-0.2, -0.15) is 0 Å². The molecule has 0 bridgehead atoms. The van der Waals surface area contributed by atoms with Crippen molar-refractivity contribution in [1.29, 1.82) is 0 Å². The molecule has 0 atom stereocenters. The summed E-state index contributed by atoms with van der Waals surface area (Å²) in [5.74, 6) is 0.706. The van der Waals surface area contributed by atoms with E-state index in [0.29, 0.717) is 6.54 Å². The lowest BCUT2D eigenvalue weighted by Crippen LogP contribution is -2.48. The molecule has 0 fully saturated rings. The van der Waals surface area contributed by atoms with E-state index in [-0.39, 0.29) is 42.0 Å². The molecule has 1 rings (SSSR count). The largest absolute Gasteiger partial charge is 0.357 e. The van der Waals surface area contributed by atoms with Crippen LogP contribution in [0.1, 0.15) is 43.3 Å². The maximum Gasteiger partial charge on any atom is 0.240 e. The van der Waals surface area contributed by atoms with Crippen LogP contribution in [-0.4, -0.2) is 47.4 Å². The van der Waals surface area contributed by atoms with Gasteiger partial charge in [0.15, 0.2) is 5.96 Å². The van der Waals surface area contributed by atoms with Gasteiger partial charge in [0.1, 0.15) is 0 Å². The van der Waals surface area contributed by atoms with Crippen molar-refractivity contribution in [2.24, 2.45) is 4.99 Å². The Hall–Kier alpha value is -0.900. The molecule has 0 saturated heterocycles. The second-order valence-electron chi connectivity index (χ2n) is 6.57. The number of amides is 1. The normalized spacial score (nSPS) is 11.7. The van der Waals surface area contributed by atoms with Gasteiger partial charge in [0, 0.05) is 24.0 Å². The maximum atomic E-state index is 12.1. The third-order valence-electron chi connectivity index (χ3n) is 2.96. The summed E-state index contributed by atoms with van der Waals surface area (Å²) in [7, 11) is 1.87. The third-order valence-corrected chi connectivity index (χ3v) is 4.02. The topological polar surface area (TPSA) is 69.6 Å². The van der Waals surface area contributed by atoms with E-state index in [1.807, 2.05) is 53.5 Å². The molecule has 8 heteroatoms. The van der Waals surface area contributed by atoms with Crippen molar-refractivity contribution < 1.29 is 4.79 Å². The Morgan fingerprint density at radius 1 is 1.33 bits per heavy atom. The zero-order chi connectivity index (χ0) is 17.6. The molecule has 0 unspecified atom stereocenters. The highest BCUT2D eigenvalue weighted by molar-refractivity contribution is 14.0. The minimum absolute atomic E-state index is 0. The predicted molar refractivity (Wildman–Crippen MR) is 112 cm³/mol. The Bertz CT molecular complexity index is 565. The van der Waals surface area contributed by atoms with Crippen LogP contribution in [0.15, 0.2) is 4.99 Å². The molecular formula is C16H30IN5OS. The molecule has 138 valence electrons. The molecule has 0 radical (unpaired) electrons. The van der Waals surface area contributed by atoms with Crippen LogP contribution in [0.5, 0.6) is 0 Å². The molecule has 1 amide bonds. The van der Waals surface area contributed by atoms with Crippen molar-refractivity contribution in [3.8, 4) is 0 Å². The molecule has 0 aliphatic rings. The smallest absolute Gasteiger partial charge is 0.240 e. The molecule has 6 nitrogen and oxygen atoms in total. The van der Waals surface area contributed by atoms with Crippen molar-refractivity contribution in [3.05, 3.63) is 15.6 Å². The number of nitrogens with one attached hydrogen (secondary N) is 2. The quantitative estimate of drug-likeness (QED) is 0.397. The van der Waals surface area contributed by atoms with Crippen molar-refractivity contribution in [3.63, 3.8) is 0 Å². The number of guanidine groups is 1. The number of likely N-dealkylation sites (N-methyl/N-ethyl adjacent to an activating group) is 1. The van der Waals surface area contributed by atoms with Gasteiger partial charge in [0.25, 0.3) is 0 Å². The van der Waals surface area contributed by atoms with E-state index >= 15 is 0 Å². The highest BCUT2D eigenvalue weighted by atomic mass is 127. The Morgan fingerprint density at radius 2 is 1.96 bits per heavy atom. The number of carbonyl (C=O) groups is 1. The summed E-state index contributed by atoms with van der Waals surface area (Å²) in [6.07, 6.45) is 0. The van der Waals surface area contributed by atoms with E-state index in [1.165, 1.54) is 0 Å². The Morgan fingerprint density at radius 3 is 2.42 bits per heavy atom. The van der Waals surface area contributed by atoms with Gasteiger partial charge in [-0.1, -0.05) is 0 Å². The fourth-order valence-corrected chi connectivity index (χ4v) is 2.95. The van der Waals surface area contributed by atoms with Gasteiger partial charge in [-0.05, 0) is 41.5 Å². The number of aryl methyl sites for hydroxylation is 2. The van der Waals surface area contributed by atoms with Crippen LogP contribution in [0, 0.1) is 13.8 Å². The summed E-state index contributed by atoms with van der Waals surface area (Å²) in [6.45, 7) is 13.5. The van der Waals surface area contributed by atoms with Crippen molar-refractivity contribution >= 4 is 47.2 Å². The van der Waals surface area contributed by atoms with E-state index in [2.05, 4.69) is 20.6 Å². The average molecular weight is 467 g/mol. The van der Waals surface area contributed by atoms with Crippen LogP contribution in [0.3, 0.4) is 0 Å². The average Bonchev–Trinajstić information content (AvgIpc) is 2.70. The van der Waals surface area contributed by atoms with Crippen molar-refractivity contribution in [2.45, 2.75) is 53.6 Å². The van der Waals surface area contributed by atoms with Gasteiger partial charge in [-0.3, -0.25) is 4.79 Å². The van der Waals surface area contributed by atoms with Crippen LogP contribution in [0.2, 0.25) is 0 Å². The van der Waals surface area contributed by atoms with Gasteiger partial charge in [0.05, 0.1) is 23.8 Å². The molecule has 0 aliphatic heterocycles. The fourth-order valence-electron chi connectivity index (χ4n) is 2.08. The monoisotopic (exact) mass is 467 g/mol. The lowest BCUT2D eigenvalue weighted by Gasteiger charge is -2.25. The Labute approximate surface area is 166 Å². The summed E-state index contributed by atoms with van der Waals surface area (Å²) < 4.78 is 0. The molecule has 0 aliphatic carbocycles. The van der Waals surface area contributed by atoms with E-state index in [9.17, 15) is 4.79 Å². The molecule has 1 heterocycles. The number of halogens is 1. The lowest BCUT2D eigenvalue weighted by atomic mass is 10.1. The van der Waals surface area contributed by atoms with Crippen LogP contribution in [0.25, 0.3) is 0 Å². The SMILES string of the molecule is CCNC(=NCc1sc(C)nc1C)N(C)CC(=O)NC(C)(C)C.I. The lowest BCUT2D eigenvalue weighted by molar-refractivity contribution is -0.122. The summed E-state index contributed by atoms with van der Waals surface area (Å²) >= 11 is 1.66. The van der Waals surface area contributed by atoms with Gasteiger partial charge in [-0.25, -0.2) is 9.98 Å². The van der Waals surface area contributed by atoms with E-state index in [4.69, 9.17) is 0 Å². The zero-order valence-corrected chi connectivity index (χ0v) is 18.8. The minimum atomic E-state index is -0.231. The Balaban J connectivity index is 0.00000529. The molecule has 24 heavy (non-hydrogen) atoms. The van der Waals surface area contributed by atoms with Crippen LogP contribution in [-0.2, 0) is 11.3 Å². The second-order valence-corrected chi connectivity index (χ2v) is 7.85. The van der Waals surface area contributed by atoms with Gasteiger partial charge in [0.2, 0.25) is 5.91 Å². The van der Waals surface area contributed by atoms with E-state index < -0.39 is 0 Å². The fraction of sp³-hybridized carbons (Fsp3) is 0.688. The summed E-state index contributed by atoms with van der Waals surface area (Å²) in [5.41, 5.74) is 0.797.